The van der Waals surface area contributed by atoms with Crippen LogP contribution in [0.5, 0.6) is 0 Å². The highest BCUT2D eigenvalue weighted by atomic mass is 16.4. The Hall–Kier alpha value is -2.37. The van der Waals surface area contributed by atoms with Gasteiger partial charge in [0.1, 0.15) is 12.1 Å². The number of amides is 2. The van der Waals surface area contributed by atoms with Gasteiger partial charge in [-0.05, 0) is 24.5 Å². The van der Waals surface area contributed by atoms with Crippen LogP contribution < -0.4 is 5.32 Å². The molecule has 0 aliphatic carbocycles. The van der Waals surface area contributed by atoms with Crippen molar-refractivity contribution < 1.29 is 19.5 Å². The molecule has 2 amide bonds. The van der Waals surface area contributed by atoms with Crippen molar-refractivity contribution in [1.82, 2.24) is 10.2 Å². The van der Waals surface area contributed by atoms with Crippen molar-refractivity contribution in [2.75, 3.05) is 0 Å². The van der Waals surface area contributed by atoms with Crippen molar-refractivity contribution in [3.05, 3.63) is 35.4 Å². The first-order valence-corrected chi connectivity index (χ1v) is 8.25. The van der Waals surface area contributed by atoms with Crippen molar-refractivity contribution in [3.8, 4) is 0 Å². The predicted octanol–water partition coefficient (Wildman–Crippen LogP) is 1.58. The molecule has 0 aromatic heterocycles. The van der Waals surface area contributed by atoms with Gasteiger partial charge in [0.05, 0.1) is 0 Å². The van der Waals surface area contributed by atoms with E-state index in [9.17, 15) is 14.4 Å². The van der Waals surface area contributed by atoms with Crippen LogP contribution in [0.1, 0.15) is 38.3 Å². The van der Waals surface area contributed by atoms with Gasteiger partial charge in [-0.15, -0.1) is 0 Å². The Morgan fingerprint density at radius 2 is 1.88 bits per heavy atom. The Kier molecular flexibility index (Phi) is 5.59. The Labute approximate surface area is 141 Å². The van der Waals surface area contributed by atoms with Crippen molar-refractivity contribution in [3.63, 3.8) is 0 Å². The number of hydrogen-bond donors (Lipinski definition) is 2. The van der Waals surface area contributed by atoms with Gasteiger partial charge in [0.15, 0.2) is 0 Å². The summed E-state index contributed by atoms with van der Waals surface area (Å²) in [5, 5.41) is 11.5. The molecule has 6 heteroatoms. The summed E-state index contributed by atoms with van der Waals surface area (Å²) < 4.78 is 0. The van der Waals surface area contributed by atoms with Gasteiger partial charge in [-0.1, -0.05) is 38.1 Å². The third-order valence-electron chi connectivity index (χ3n) is 4.60. The molecule has 0 saturated heterocycles. The highest BCUT2D eigenvalue weighted by Gasteiger charge is 2.36. The van der Waals surface area contributed by atoms with Gasteiger partial charge in [0, 0.05) is 18.9 Å². The average Bonchev–Trinajstić information content (AvgIpc) is 2.58. The number of aliphatic carboxylic acids is 1. The number of fused-ring (bicyclic) bond motifs is 1. The van der Waals surface area contributed by atoms with Gasteiger partial charge in [0.2, 0.25) is 11.8 Å². The van der Waals surface area contributed by atoms with E-state index in [1.807, 2.05) is 38.1 Å². The van der Waals surface area contributed by atoms with E-state index in [0.717, 1.165) is 11.1 Å². The van der Waals surface area contributed by atoms with Crippen LogP contribution in [0.3, 0.4) is 0 Å². The van der Waals surface area contributed by atoms with Crippen LogP contribution in [0.4, 0.5) is 0 Å². The summed E-state index contributed by atoms with van der Waals surface area (Å²) >= 11 is 0. The largest absolute Gasteiger partial charge is 0.480 e. The van der Waals surface area contributed by atoms with Crippen LogP contribution >= 0.6 is 0 Å². The fourth-order valence-corrected chi connectivity index (χ4v) is 2.82. The first kappa shape index (κ1) is 18.0. The zero-order valence-corrected chi connectivity index (χ0v) is 14.3. The maximum atomic E-state index is 12.7. The fraction of sp³-hybridized carbons (Fsp3) is 0.500. The van der Waals surface area contributed by atoms with Crippen LogP contribution in [0, 0.1) is 5.92 Å². The smallest absolute Gasteiger partial charge is 0.325 e. The number of rotatable bonds is 5. The number of carbonyl (C=O) groups excluding carboxylic acids is 2. The monoisotopic (exact) mass is 332 g/mol. The highest BCUT2D eigenvalue weighted by Crippen LogP contribution is 2.25. The number of carboxylic acids is 1. The topological polar surface area (TPSA) is 86.7 Å². The number of carbonyl (C=O) groups is 3. The van der Waals surface area contributed by atoms with E-state index in [4.69, 9.17) is 5.11 Å². The first-order chi connectivity index (χ1) is 11.3. The van der Waals surface area contributed by atoms with Gasteiger partial charge in [-0.2, -0.15) is 0 Å². The van der Waals surface area contributed by atoms with Gasteiger partial charge >= 0.3 is 5.97 Å². The Bertz CT molecular complexity index is 644. The third-order valence-corrected chi connectivity index (χ3v) is 4.60. The van der Waals surface area contributed by atoms with Crippen molar-refractivity contribution >= 4 is 17.8 Å². The van der Waals surface area contributed by atoms with Crippen LogP contribution in [0.2, 0.25) is 0 Å². The van der Waals surface area contributed by atoms with Crippen molar-refractivity contribution in [1.29, 1.82) is 0 Å². The lowest BCUT2D eigenvalue weighted by atomic mass is 9.92. The van der Waals surface area contributed by atoms with Crippen LogP contribution in [-0.2, 0) is 27.3 Å². The van der Waals surface area contributed by atoms with Crippen LogP contribution in [0.15, 0.2) is 24.3 Å². The minimum Gasteiger partial charge on any atom is -0.480 e. The summed E-state index contributed by atoms with van der Waals surface area (Å²) in [5.41, 5.74) is 2.05. The molecule has 2 N–H and O–H groups in total. The zero-order chi connectivity index (χ0) is 17.9. The van der Waals surface area contributed by atoms with E-state index in [2.05, 4.69) is 5.32 Å². The van der Waals surface area contributed by atoms with E-state index in [1.165, 1.54) is 6.92 Å². The molecule has 0 fully saturated rings. The minimum atomic E-state index is -1.10. The average molecular weight is 332 g/mol. The Morgan fingerprint density at radius 3 is 2.46 bits per heavy atom. The van der Waals surface area contributed by atoms with E-state index in [1.54, 1.807) is 4.90 Å². The van der Waals surface area contributed by atoms with Crippen molar-refractivity contribution in [2.45, 2.75) is 52.2 Å². The Balaban J connectivity index is 2.28. The minimum absolute atomic E-state index is 0.0740. The number of benzene rings is 1. The molecule has 2 unspecified atom stereocenters. The quantitative estimate of drug-likeness (QED) is 0.857. The van der Waals surface area contributed by atoms with Gasteiger partial charge < -0.3 is 15.3 Å². The van der Waals surface area contributed by atoms with Crippen LogP contribution in [0.25, 0.3) is 0 Å². The molecule has 1 aliphatic heterocycles. The van der Waals surface area contributed by atoms with Gasteiger partial charge in [0.25, 0.3) is 0 Å². The molecule has 0 bridgehead atoms. The molecule has 6 nitrogen and oxygen atoms in total. The van der Waals surface area contributed by atoms with Gasteiger partial charge in [-0.3, -0.25) is 14.4 Å². The van der Waals surface area contributed by atoms with E-state index < -0.39 is 24.0 Å². The molecule has 0 spiro atoms. The second-order valence-corrected chi connectivity index (χ2v) is 6.33. The summed E-state index contributed by atoms with van der Waals surface area (Å²) in [6, 6.07) is 6.05. The summed E-state index contributed by atoms with van der Waals surface area (Å²) in [6.45, 7) is 5.57. The number of carboxylic acid groups (broad SMARTS) is 1. The molecule has 0 saturated carbocycles. The molecule has 130 valence electrons. The molecule has 1 aromatic rings. The standard InChI is InChI=1S/C18H24N2O4/c1-4-11(2)17(22)20-10-14-8-6-5-7-13(14)9-15(20)16(21)19-12(3)18(23)24/h5-8,11-12,15H,4,9-10H2,1-3H3,(H,19,21)(H,23,24)/t11?,12-,15?/m0/s1. The summed E-state index contributed by atoms with van der Waals surface area (Å²) in [7, 11) is 0. The SMILES string of the molecule is CCC(C)C(=O)N1Cc2ccccc2CC1C(=O)N[C@@H](C)C(=O)O. The van der Waals surface area contributed by atoms with Gasteiger partial charge in [-0.25, -0.2) is 0 Å². The van der Waals surface area contributed by atoms with E-state index in [0.29, 0.717) is 19.4 Å². The summed E-state index contributed by atoms with van der Waals surface area (Å²) in [5.74, 6) is -1.77. The first-order valence-electron chi connectivity index (χ1n) is 8.25. The molecular formula is C18H24N2O4. The lowest BCUT2D eigenvalue weighted by Crippen LogP contribution is -2.55. The molecule has 1 aliphatic rings. The summed E-state index contributed by atoms with van der Waals surface area (Å²) in [6.07, 6.45) is 1.09. The predicted molar refractivity (Wildman–Crippen MR) is 89.2 cm³/mol. The molecule has 24 heavy (non-hydrogen) atoms. The maximum absolute atomic E-state index is 12.7. The molecule has 2 rings (SSSR count). The molecule has 1 aromatic carbocycles. The van der Waals surface area contributed by atoms with E-state index in [-0.39, 0.29) is 11.8 Å². The third kappa shape index (κ3) is 3.75. The van der Waals surface area contributed by atoms with Crippen molar-refractivity contribution in [2.24, 2.45) is 5.92 Å². The lowest BCUT2D eigenvalue weighted by molar-refractivity contribution is -0.146. The maximum Gasteiger partial charge on any atom is 0.325 e. The van der Waals surface area contributed by atoms with E-state index >= 15 is 0 Å². The Morgan fingerprint density at radius 1 is 1.25 bits per heavy atom. The second-order valence-electron chi connectivity index (χ2n) is 6.33. The zero-order valence-electron chi connectivity index (χ0n) is 14.3. The molecule has 0 radical (unpaired) electrons. The number of nitrogens with one attached hydrogen (secondary N) is 1. The van der Waals surface area contributed by atoms with Crippen LogP contribution in [-0.4, -0.2) is 39.9 Å². The summed E-state index contributed by atoms with van der Waals surface area (Å²) in [4.78, 5) is 37.9. The highest BCUT2D eigenvalue weighted by molar-refractivity contribution is 5.91. The lowest BCUT2D eigenvalue weighted by Gasteiger charge is -2.37. The normalized spacial score (nSPS) is 19.1. The molecular weight excluding hydrogens is 308 g/mol. The number of hydrogen-bond acceptors (Lipinski definition) is 3. The fourth-order valence-electron chi connectivity index (χ4n) is 2.82. The molecule has 1 heterocycles. The number of nitrogens with zero attached hydrogens (tertiary/aromatic N) is 1. The second kappa shape index (κ2) is 7.47. The molecule has 3 atom stereocenters.